The van der Waals surface area contributed by atoms with Gasteiger partial charge in [-0.3, -0.25) is 16.0 Å². The van der Waals surface area contributed by atoms with E-state index in [1.165, 1.54) is 24.7 Å². The van der Waals surface area contributed by atoms with Crippen LogP contribution in [0.2, 0.25) is 0 Å². The molecule has 2 aromatic rings. The number of rotatable bonds is 6. The molecule has 0 radical (unpaired) electrons. The summed E-state index contributed by atoms with van der Waals surface area (Å²) in [6.45, 7) is 0.0174. The van der Waals surface area contributed by atoms with Crippen LogP contribution in [0.4, 0.5) is 11.4 Å². The topological polar surface area (TPSA) is 140 Å². The molecule has 0 aliphatic carbocycles. The molecule has 0 aliphatic rings. The number of nitrogens with one attached hydrogen (secondary N) is 2. The zero-order valence-electron chi connectivity index (χ0n) is 10.6. The summed E-state index contributed by atoms with van der Waals surface area (Å²) in [4.78, 5) is 9.94. The van der Waals surface area contributed by atoms with E-state index in [2.05, 4.69) is 10.1 Å². The van der Waals surface area contributed by atoms with E-state index in [-0.39, 0.29) is 17.1 Å². The molecule has 0 bridgehead atoms. The number of hydrazine groups is 1. The summed E-state index contributed by atoms with van der Waals surface area (Å²) in [5.74, 6) is 5.14. The average Bonchev–Trinajstić information content (AvgIpc) is 2.97. The van der Waals surface area contributed by atoms with Crippen LogP contribution in [0.1, 0.15) is 5.56 Å². The van der Waals surface area contributed by atoms with Crippen LogP contribution < -0.4 is 16.0 Å². The van der Waals surface area contributed by atoms with Crippen molar-refractivity contribution in [1.82, 2.24) is 4.72 Å². The second-order valence-electron chi connectivity index (χ2n) is 4.04. The van der Waals surface area contributed by atoms with Crippen molar-refractivity contribution in [3.05, 3.63) is 52.5 Å². The molecule has 0 unspecified atom stereocenters. The van der Waals surface area contributed by atoms with Gasteiger partial charge >= 0.3 is 0 Å². The first-order chi connectivity index (χ1) is 9.94. The molecule has 0 atom stereocenters. The lowest BCUT2D eigenvalue weighted by molar-refractivity contribution is -0.384. The van der Waals surface area contributed by atoms with E-state index in [9.17, 15) is 18.5 Å². The standard InChI is InChI=1S/C11H12N4O5S/c12-14-10-2-1-9(5-11(10)15(16)17)21(18,19)13-6-8-3-4-20-7-8/h1-5,7,13-14H,6,12H2. The highest BCUT2D eigenvalue weighted by molar-refractivity contribution is 7.89. The third-order valence-electron chi connectivity index (χ3n) is 2.68. The van der Waals surface area contributed by atoms with Crippen molar-refractivity contribution in [2.75, 3.05) is 5.43 Å². The van der Waals surface area contributed by atoms with Crippen LogP contribution in [0.3, 0.4) is 0 Å². The maximum atomic E-state index is 12.1. The summed E-state index contributed by atoms with van der Waals surface area (Å²) in [5.41, 5.74) is 2.37. The fourth-order valence-corrected chi connectivity index (χ4v) is 2.64. The number of furan rings is 1. The Morgan fingerprint density at radius 2 is 2.10 bits per heavy atom. The summed E-state index contributed by atoms with van der Waals surface area (Å²) in [6.07, 6.45) is 2.81. The number of benzene rings is 1. The van der Waals surface area contributed by atoms with Gasteiger partial charge in [-0.2, -0.15) is 0 Å². The Balaban J connectivity index is 2.27. The van der Waals surface area contributed by atoms with Gasteiger partial charge < -0.3 is 9.84 Å². The minimum atomic E-state index is -3.88. The SMILES string of the molecule is NNc1ccc(S(=O)(=O)NCc2ccoc2)cc1[N+](=O)[O-]. The highest BCUT2D eigenvalue weighted by Crippen LogP contribution is 2.26. The first kappa shape index (κ1) is 15.0. The Morgan fingerprint density at radius 1 is 1.33 bits per heavy atom. The van der Waals surface area contributed by atoms with Crippen molar-refractivity contribution in [3.63, 3.8) is 0 Å². The number of nitrogens with zero attached hydrogens (tertiary/aromatic N) is 1. The molecule has 0 amide bonds. The van der Waals surface area contributed by atoms with Gasteiger partial charge in [0.15, 0.2) is 0 Å². The number of hydrogen-bond donors (Lipinski definition) is 3. The smallest absolute Gasteiger partial charge is 0.294 e. The highest BCUT2D eigenvalue weighted by atomic mass is 32.2. The van der Waals surface area contributed by atoms with Crippen LogP contribution in [-0.2, 0) is 16.6 Å². The van der Waals surface area contributed by atoms with E-state index in [1.54, 1.807) is 6.07 Å². The van der Waals surface area contributed by atoms with Crippen LogP contribution in [0.15, 0.2) is 46.1 Å². The lowest BCUT2D eigenvalue weighted by Crippen LogP contribution is -2.23. The van der Waals surface area contributed by atoms with Crippen molar-refractivity contribution in [2.24, 2.45) is 5.84 Å². The van der Waals surface area contributed by atoms with Crippen molar-refractivity contribution in [2.45, 2.75) is 11.4 Å². The van der Waals surface area contributed by atoms with Crippen molar-refractivity contribution >= 4 is 21.4 Å². The maximum absolute atomic E-state index is 12.1. The second-order valence-corrected chi connectivity index (χ2v) is 5.80. The van der Waals surface area contributed by atoms with Gasteiger partial charge in [0.2, 0.25) is 10.0 Å². The molecule has 112 valence electrons. The van der Waals surface area contributed by atoms with Gasteiger partial charge in [-0.05, 0) is 18.2 Å². The Hall–Kier alpha value is -2.43. The molecule has 0 fully saturated rings. The predicted octanol–water partition coefficient (Wildman–Crippen LogP) is 0.952. The molecule has 0 saturated heterocycles. The normalized spacial score (nSPS) is 11.3. The van der Waals surface area contributed by atoms with Gasteiger partial charge in [-0.15, -0.1) is 0 Å². The molecule has 2 rings (SSSR count). The molecule has 4 N–H and O–H groups in total. The minimum absolute atomic E-state index is 0.0174. The molecule has 1 aromatic heterocycles. The van der Waals surface area contributed by atoms with Gasteiger partial charge in [0.25, 0.3) is 5.69 Å². The van der Waals surface area contributed by atoms with Gasteiger partial charge in [0, 0.05) is 18.2 Å². The summed E-state index contributed by atoms with van der Waals surface area (Å²) in [5, 5.41) is 10.9. The van der Waals surface area contributed by atoms with Crippen molar-refractivity contribution in [3.8, 4) is 0 Å². The third kappa shape index (κ3) is 3.37. The van der Waals surface area contributed by atoms with E-state index in [0.29, 0.717) is 5.56 Å². The molecule has 10 heteroatoms. The second kappa shape index (κ2) is 5.91. The van der Waals surface area contributed by atoms with E-state index < -0.39 is 20.6 Å². The zero-order valence-corrected chi connectivity index (χ0v) is 11.5. The number of sulfonamides is 1. The van der Waals surface area contributed by atoms with E-state index >= 15 is 0 Å². The number of nitrogen functional groups attached to an aromatic ring is 1. The van der Waals surface area contributed by atoms with Gasteiger partial charge in [-0.1, -0.05) is 0 Å². The van der Waals surface area contributed by atoms with Crippen molar-refractivity contribution in [1.29, 1.82) is 0 Å². The maximum Gasteiger partial charge on any atom is 0.294 e. The molecule has 1 aromatic carbocycles. The summed E-state index contributed by atoms with van der Waals surface area (Å²) in [7, 11) is -3.88. The molecule has 0 spiro atoms. The molecule has 21 heavy (non-hydrogen) atoms. The fraction of sp³-hybridized carbons (Fsp3) is 0.0909. The largest absolute Gasteiger partial charge is 0.472 e. The Morgan fingerprint density at radius 3 is 2.67 bits per heavy atom. The van der Waals surface area contributed by atoms with Crippen LogP contribution in [0.25, 0.3) is 0 Å². The van der Waals surface area contributed by atoms with Gasteiger partial charge in [-0.25, -0.2) is 13.1 Å². The van der Waals surface area contributed by atoms with E-state index in [0.717, 1.165) is 6.07 Å². The summed E-state index contributed by atoms with van der Waals surface area (Å²) < 4.78 is 31.3. The van der Waals surface area contributed by atoms with Gasteiger partial charge in [0.05, 0.1) is 22.3 Å². The molecule has 9 nitrogen and oxygen atoms in total. The number of anilines is 1. The fourth-order valence-electron chi connectivity index (χ4n) is 1.61. The van der Waals surface area contributed by atoms with Crippen LogP contribution >= 0.6 is 0 Å². The van der Waals surface area contributed by atoms with Crippen molar-refractivity contribution < 1.29 is 17.8 Å². The van der Waals surface area contributed by atoms with Crippen LogP contribution in [-0.4, -0.2) is 13.3 Å². The summed E-state index contributed by atoms with van der Waals surface area (Å²) in [6, 6.07) is 4.99. The molecular weight excluding hydrogens is 300 g/mol. The quantitative estimate of drug-likeness (QED) is 0.409. The third-order valence-corrected chi connectivity index (χ3v) is 4.08. The predicted molar refractivity (Wildman–Crippen MR) is 73.6 cm³/mol. The number of nitro benzene ring substituents is 1. The van der Waals surface area contributed by atoms with E-state index in [4.69, 9.17) is 10.3 Å². The Labute approximate surface area is 119 Å². The zero-order chi connectivity index (χ0) is 15.5. The molecule has 1 heterocycles. The Bertz CT molecular complexity index is 742. The monoisotopic (exact) mass is 312 g/mol. The minimum Gasteiger partial charge on any atom is -0.472 e. The number of nitrogens with two attached hydrogens (primary N) is 1. The first-order valence-electron chi connectivity index (χ1n) is 5.70. The number of hydrogen-bond acceptors (Lipinski definition) is 7. The van der Waals surface area contributed by atoms with Crippen LogP contribution in [0.5, 0.6) is 0 Å². The molecular formula is C11H12N4O5S. The lowest BCUT2D eigenvalue weighted by Gasteiger charge is -2.07. The number of nitro groups is 1. The highest BCUT2D eigenvalue weighted by Gasteiger charge is 2.21. The molecule has 0 aliphatic heterocycles. The molecule has 0 saturated carbocycles. The Kier molecular flexibility index (Phi) is 4.21. The van der Waals surface area contributed by atoms with Crippen LogP contribution in [0, 0.1) is 10.1 Å². The first-order valence-corrected chi connectivity index (χ1v) is 7.18. The van der Waals surface area contributed by atoms with Gasteiger partial charge in [0.1, 0.15) is 5.69 Å². The average molecular weight is 312 g/mol. The van der Waals surface area contributed by atoms with E-state index in [1.807, 2.05) is 0 Å². The summed E-state index contributed by atoms with van der Waals surface area (Å²) >= 11 is 0. The lowest BCUT2D eigenvalue weighted by atomic mass is 10.3.